The van der Waals surface area contributed by atoms with E-state index in [0.717, 1.165) is 92.1 Å². The number of imidazole rings is 1. The number of imide groups is 1. The molecule has 13 nitrogen and oxygen atoms in total. The van der Waals surface area contributed by atoms with E-state index in [0.29, 0.717) is 35.7 Å². The van der Waals surface area contributed by atoms with Gasteiger partial charge in [-0.25, -0.2) is 14.2 Å². The molecular weight excluding hydrogens is 728 g/mol. The van der Waals surface area contributed by atoms with Crippen molar-refractivity contribution in [1.82, 2.24) is 34.1 Å². The molecule has 1 aliphatic carbocycles. The number of aryl methyl sites for hydroxylation is 3. The van der Waals surface area contributed by atoms with Gasteiger partial charge in [0.1, 0.15) is 23.3 Å². The monoisotopic (exact) mass is 778 g/mol. The quantitative estimate of drug-likeness (QED) is 0.150. The van der Waals surface area contributed by atoms with Gasteiger partial charge in [0.15, 0.2) is 0 Å². The molecule has 3 aliphatic rings. The Labute approximate surface area is 330 Å². The standard InChI is InChI=1S/C43H51FN8O5/c1-26-32(44)14-15-33(45-26)41(54)46-35-22-30-25-51(48-34(30)23-38(35)57-3)31-12-10-28(11-13-31)24-50-20-18-27(19-21-50)6-4-7-29-8-5-9-36-40(29)49(2)43(56)52(36)37-16-17-39(53)47-42(37)55/h5,8-9,14-15,22-23,25,27-28,31,37H,4,6-7,10-13,16-21,24H2,1-3H3,(H,46,54)(H,47,53,55)/t28-,31-,37?. The number of carbonyl (C=O) groups excluding carboxylic acids is 3. The van der Waals surface area contributed by atoms with Crippen molar-refractivity contribution in [1.29, 1.82) is 0 Å². The molecule has 1 saturated carbocycles. The highest BCUT2D eigenvalue weighted by atomic mass is 19.1. The molecule has 0 radical (unpaired) electrons. The van der Waals surface area contributed by atoms with Crippen molar-refractivity contribution in [3.63, 3.8) is 0 Å². The number of fused-ring (bicyclic) bond motifs is 2. The summed E-state index contributed by atoms with van der Waals surface area (Å²) in [4.78, 5) is 57.3. The Morgan fingerprint density at radius 1 is 1.00 bits per heavy atom. The third-order valence-electron chi connectivity index (χ3n) is 12.5. The Bertz CT molecular complexity index is 2380. The van der Waals surface area contributed by atoms with Crippen LogP contribution in [0.1, 0.15) is 98.0 Å². The van der Waals surface area contributed by atoms with Gasteiger partial charge in [0.2, 0.25) is 11.8 Å². The van der Waals surface area contributed by atoms with Crippen LogP contribution in [-0.2, 0) is 23.1 Å². The van der Waals surface area contributed by atoms with Crippen LogP contribution >= 0.6 is 0 Å². The van der Waals surface area contributed by atoms with E-state index < -0.39 is 23.7 Å². The lowest BCUT2D eigenvalue weighted by molar-refractivity contribution is -0.135. The number of rotatable bonds is 11. The van der Waals surface area contributed by atoms with Gasteiger partial charge in [-0.05, 0) is 119 Å². The maximum absolute atomic E-state index is 13.7. The third kappa shape index (κ3) is 7.96. The molecule has 2 saturated heterocycles. The Hall–Kier alpha value is -5.37. The van der Waals surface area contributed by atoms with Crippen LogP contribution in [0.25, 0.3) is 21.9 Å². The summed E-state index contributed by atoms with van der Waals surface area (Å²) in [5.74, 6) is 0.274. The van der Waals surface area contributed by atoms with Gasteiger partial charge in [-0.2, -0.15) is 5.10 Å². The number of nitrogens with one attached hydrogen (secondary N) is 2. The molecule has 0 bridgehead atoms. The first-order valence-electron chi connectivity index (χ1n) is 20.3. The number of hydrogen-bond donors (Lipinski definition) is 2. The summed E-state index contributed by atoms with van der Waals surface area (Å²) in [6.45, 7) is 4.93. The number of anilines is 1. The second-order valence-electron chi connectivity index (χ2n) is 16.2. The SMILES string of the molecule is COc1cc2nn([C@H]3CC[C@H](CN4CCC(CCCc5cccc6c5n(C)c(=O)n6C5CCC(=O)NC5=O)CC4)CC3)cc2cc1NC(=O)c1ccc(F)c(C)n1. The molecule has 0 spiro atoms. The lowest BCUT2D eigenvalue weighted by atomic mass is 9.84. The van der Waals surface area contributed by atoms with Crippen molar-refractivity contribution in [3.05, 3.63) is 81.9 Å². The number of piperidine rings is 2. The van der Waals surface area contributed by atoms with Crippen LogP contribution in [0.3, 0.4) is 0 Å². The van der Waals surface area contributed by atoms with Crippen molar-refractivity contribution in [3.8, 4) is 5.75 Å². The number of likely N-dealkylation sites (tertiary alicyclic amines) is 1. The Morgan fingerprint density at radius 2 is 1.79 bits per heavy atom. The molecule has 2 aromatic carbocycles. The van der Waals surface area contributed by atoms with E-state index in [1.54, 1.807) is 23.3 Å². The molecule has 3 aromatic heterocycles. The van der Waals surface area contributed by atoms with Crippen molar-refractivity contribution >= 4 is 45.3 Å². The number of carbonyl (C=O) groups is 3. The van der Waals surface area contributed by atoms with Gasteiger partial charge in [0.05, 0.1) is 41.1 Å². The fraction of sp³-hybridized carbons (Fsp3) is 0.488. The summed E-state index contributed by atoms with van der Waals surface area (Å²) in [6.07, 6.45) is 12.6. The number of para-hydroxylation sites is 1. The highest BCUT2D eigenvalue weighted by Crippen LogP contribution is 2.36. The topological polar surface area (TPSA) is 145 Å². The van der Waals surface area contributed by atoms with Crippen molar-refractivity contribution in [2.24, 2.45) is 18.9 Å². The number of amides is 3. The molecule has 1 atom stereocenters. The van der Waals surface area contributed by atoms with Gasteiger partial charge in [0, 0.05) is 37.7 Å². The Kier molecular flexibility index (Phi) is 11.0. The maximum atomic E-state index is 13.7. The number of methoxy groups -OCH3 is 1. The third-order valence-corrected chi connectivity index (χ3v) is 12.5. The first-order valence-corrected chi connectivity index (χ1v) is 20.3. The average Bonchev–Trinajstić information content (AvgIpc) is 3.74. The zero-order chi connectivity index (χ0) is 39.8. The van der Waals surface area contributed by atoms with Crippen molar-refractivity contribution in [2.45, 2.75) is 89.6 Å². The van der Waals surface area contributed by atoms with E-state index in [1.165, 1.54) is 31.9 Å². The number of hydrogen-bond acceptors (Lipinski definition) is 8. The van der Waals surface area contributed by atoms with E-state index >= 15 is 0 Å². The van der Waals surface area contributed by atoms with Crippen LogP contribution in [0.2, 0.25) is 0 Å². The lowest BCUT2D eigenvalue weighted by Gasteiger charge is -2.36. The summed E-state index contributed by atoms with van der Waals surface area (Å²) in [6, 6.07) is 11.9. The zero-order valence-electron chi connectivity index (χ0n) is 32.9. The van der Waals surface area contributed by atoms with Gasteiger partial charge < -0.3 is 15.0 Å². The molecule has 2 N–H and O–H groups in total. The maximum Gasteiger partial charge on any atom is 0.329 e. The number of benzene rings is 2. The first-order chi connectivity index (χ1) is 27.6. The second kappa shape index (κ2) is 16.2. The molecule has 3 fully saturated rings. The van der Waals surface area contributed by atoms with Crippen LogP contribution < -0.4 is 21.1 Å². The molecule has 5 aromatic rings. The number of nitrogens with zero attached hydrogens (tertiary/aromatic N) is 6. The van der Waals surface area contributed by atoms with Gasteiger partial charge in [-0.1, -0.05) is 18.6 Å². The minimum absolute atomic E-state index is 0.132. The molecule has 1 unspecified atom stereocenters. The molecule has 57 heavy (non-hydrogen) atoms. The summed E-state index contributed by atoms with van der Waals surface area (Å²) in [7, 11) is 3.33. The van der Waals surface area contributed by atoms with Gasteiger partial charge in [-0.15, -0.1) is 0 Å². The molecule has 3 amide bonds. The van der Waals surface area contributed by atoms with E-state index in [2.05, 4.69) is 37.5 Å². The second-order valence-corrected chi connectivity index (χ2v) is 16.2. The molecule has 2 aliphatic heterocycles. The van der Waals surface area contributed by atoms with Gasteiger partial charge in [-0.3, -0.25) is 33.5 Å². The number of aromatic nitrogens is 5. The van der Waals surface area contributed by atoms with Crippen LogP contribution in [0, 0.1) is 24.6 Å². The molecule has 5 heterocycles. The van der Waals surface area contributed by atoms with Crippen molar-refractivity contribution in [2.75, 3.05) is 32.1 Å². The summed E-state index contributed by atoms with van der Waals surface area (Å²) >= 11 is 0. The summed E-state index contributed by atoms with van der Waals surface area (Å²) in [5, 5.41) is 11.1. The fourth-order valence-corrected chi connectivity index (χ4v) is 9.33. The Balaban J connectivity index is 0.804. The molecule has 8 rings (SSSR count). The zero-order valence-corrected chi connectivity index (χ0v) is 32.9. The van der Waals surface area contributed by atoms with Crippen LogP contribution in [0.5, 0.6) is 5.75 Å². The highest BCUT2D eigenvalue weighted by Gasteiger charge is 2.32. The van der Waals surface area contributed by atoms with Crippen LogP contribution in [-0.4, -0.2) is 73.3 Å². The smallest absolute Gasteiger partial charge is 0.329 e. The predicted octanol–water partition coefficient (Wildman–Crippen LogP) is 6.24. The van der Waals surface area contributed by atoms with Crippen LogP contribution in [0.4, 0.5) is 10.1 Å². The van der Waals surface area contributed by atoms with Crippen molar-refractivity contribution < 1.29 is 23.5 Å². The molecule has 14 heteroatoms. The van der Waals surface area contributed by atoms with Gasteiger partial charge in [0.25, 0.3) is 5.91 Å². The fourth-order valence-electron chi connectivity index (χ4n) is 9.33. The highest BCUT2D eigenvalue weighted by molar-refractivity contribution is 6.05. The van der Waals surface area contributed by atoms with Crippen LogP contribution in [0.15, 0.2) is 53.5 Å². The number of ether oxygens (including phenoxy) is 1. The summed E-state index contributed by atoms with van der Waals surface area (Å²) in [5.41, 5.74) is 4.15. The average molecular weight is 779 g/mol. The summed E-state index contributed by atoms with van der Waals surface area (Å²) < 4.78 is 24.6. The minimum Gasteiger partial charge on any atom is -0.494 e. The first kappa shape index (κ1) is 38.5. The van der Waals surface area contributed by atoms with E-state index in [9.17, 15) is 23.6 Å². The predicted molar refractivity (Wildman–Crippen MR) is 215 cm³/mol. The lowest BCUT2D eigenvalue weighted by Crippen LogP contribution is -2.44. The van der Waals surface area contributed by atoms with E-state index in [4.69, 9.17) is 9.84 Å². The molecular formula is C43H51FN8O5. The number of pyridine rings is 1. The Morgan fingerprint density at radius 3 is 2.53 bits per heavy atom. The number of halogens is 1. The van der Waals surface area contributed by atoms with Gasteiger partial charge >= 0.3 is 5.69 Å². The molecule has 300 valence electrons. The van der Waals surface area contributed by atoms with E-state index in [-0.39, 0.29) is 29.4 Å². The van der Waals surface area contributed by atoms with E-state index in [1.807, 2.05) is 24.3 Å². The largest absolute Gasteiger partial charge is 0.494 e. The normalized spacial score (nSPS) is 20.9. The minimum atomic E-state index is -0.673.